The van der Waals surface area contributed by atoms with Crippen molar-refractivity contribution in [2.45, 2.75) is 90.6 Å². The number of aromatic amines is 1. The van der Waals surface area contributed by atoms with Gasteiger partial charge in [0, 0.05) is 24.8 Å². The van der Waals surface area contributed by atoms with Crippen LogP contribution in [-0.2, 0) is 24.4 Å². The van der Waals surface area contributed by atoms with Gasteiger partial charge >= 0.3 is 0 Å². The minimum Gasteiger partial charge on any atom is -0.376 e. The first-order chi connectivity index (χ1) is 16.1. The molecule has 1 aliphatic heterocycles. The summed E-state index contributed by atoms with van der Waals surface area (Å²) >= 11 is 0. The van der Waals surface area contributed by atoms with E-state index < -0.39 is 0 Å². The third-order valence-electron chi connectivity index (χ3n) is 7.19. The third kappa shape index (κ3) is 5.01. The van der Waals surface area contributed by atoms with Gasteiger partial charge in [0.1, 0.15) is 0 Å². The van der Waals surface area contributed by atoms with E-state index in [9.17, 15) is 4.79 Å². The van der Waals surface area contributed by atoms with Gasteiger partial charge in [0.15, 0.2) is 5.82 Å². The molecule has 8 nitrogen and oxygen atoms in total. The number of rotatable bonds is 7. The normalized spacial score (nSPS) is 19.7. The van der Waals surface area contributed by atoms with Crippen LogP contribution in [-0.4, -0.2) is 48.8 Å². The summed E-state index contributed by atoms with van der Waals surface area (Å²) in [4.78, 5) is 18.6. The number of nitrogens with zero attached hydrogens (tertiary/aromatic N) is 5. The molecule has 2 fully saturated rings. The zero-order valence-corrected chi connectivity index (χ0v) is 19.7. The Morgan fingerprint density at radius 2 is 1.94 bits per heavy atom. The molecule has 8 heteroatoms. The topological polar surface area (TPSA) is 88.9 Å². The maximum absolute atomic E-state index is 13.0. The fourth-order valence-electron chi connectivity index (χ4n) is 5.47. The van der Waals surface area contributed by atoms with Crippen molar-refractivity contribution in [3.8, 4) is 0 Å². The molecule has 176 valence electrons. The Kier molecular flexibility index (Phi) is 6.55. The largest absolute Gasteiger partial charge is 0.376 e. The van der Waals surface area contributed by atoms with Gasteiger partial charge in [-0.2, -0.15) is 0 Å². The van der Waals surface area contributed by atoms with Gasteiger partial charge < -0.3 is 9.72 Å². The first-order valence-electron chi connectivity index (χ1n) is 12.3. The number of pyridine rings is 1. The second kappa shape index (κ2) is 9.73. The van der Waals surface area contributed by atoms with E-state index >= 15 is 0 Å². The molecule has 1 atom stereocenters. The number of hydrogen-bond acceptors (Lipinski definition) is 6. The van der Waals surface area contributed by atoms with E-state index in [1.165, 1.54) is 24.8 Å². The highest BCUT2D eigenvalue weighted by atomic mass is 16.5. The van der Waals surface area contributed by atoms with Gasteiger partial charge in [-0.15, -0.1) is 5.10 Å². The molecule has 0 spiro atoms. The molecule has 0 amide bonds. The summed E-state index contributed by atoms with van der Waals surface area (Å²) in [6.45, 7) is 6.88. The Morgan fingerprint density at radius 1 is 1.09 bits per heavy atom. The molecular weight excluding hydrogens is 416 g/mol. The monoisotopic (exact) mass is 450 g/mol. The second-order valence-electron chi connectivity index (χ2n) is 9.78. The Bertz CT molecular complexity index is 1160. The van der Waals surface area contributed by atoms with Crippen molar-refractivity contribution >= 4 is 10.9 Å². The van der Waals surface area contributed by atoms with Crippen LogP contribution in [0.15, 0.2) is 23.0 Å². The van der Waals surface area contributed by atoms with Crippen LogP contribution in [0.4, 0.5) is 0 Å². The Labute approximate surface area is 194 Å². The van der Waals surface area contributed by atoms with Crippen molar-refractivity contribution in [3.63, 3.8) is 0 Å². The van der Waals surface area contributed by atoms with Crippen molar-refractivity contribution in [3.05, 3.63) is 51.1 Å². The zero-order chi connectivity index (χ0) is 22.8. The Morgan fingerprint density at radius 3 is 2.73 bits per heavy atom. The lowest BCUT2D eigenvalue weighted by Gasteiger charge is -2.34. The van der Waals surface area contributed by atoms with E-state index in [0.29, 0.717) is 25.7 Å². The molecule has 0 radical (unpaired) electrons. The number of ether oxygens (including phenoxy) is 1. The number of hydrogen-bond donors (Lipinski definition) is 1. The lowest BCUT2D eigenvalue weighted by atomic mass is 9.93. The van der Waals surface area contributed by atoms with Crippen LogP contribution in [0, 0.1) is 13.8 Å². The molecule has 3 heterocycles. The Hall–Kier alpha value is -2.58. The summed E-state index contributed by atoms with van der Waals surface area (Å²) < 4.78 is 7.69. The van der Waals surface area contributed by atoms with Gasteiger partial charge in [-0.25, -0.2) is 4.68 Å². The molecule has 0 bridgehead atoms. The number of aryl methyl sites for hydroxylation is 2. The van der Waals surface area contributed by atoms with E-state index in [4.69, 9.17) is 4.74 Å². The maximum atomic E-state index is 13.0. The lowest BCUT2D eigenvalue weighted by molar-refractivity contribution is 0.0893. The van der Waals surface area contributed by atoms with E-state index in [0.717, 1.165) is 60.1 Å². The van der Waals surface area contributed by atoms with Gasteiger partial charge in [-0.05, 0) is 73.0 Å². The summed E-state index contributed by atoms with van der Waals surface area (Å²) in [6, 6.07) is 6.76. The van der Waals surface area contributed by atoms with Gasteiger partial charge in [0.05, 0.1) is 24.7 Å². The predicted molar refractivity (Wildman–Crippen MR) is 127 cm³/mol. The molecule has 1 unspecified atom stereocenters. The van der Waals surface area contributed by atoms with Crippen LogP contribution in [0.3, 0.4) is 0 Å². The molecule has 33 heavy (non-hydrogen) atoms. The summed E-state index contributed by atoms with van der Waals surface area (Å²) in [5, 5.41) is 13.6. The van der Waals surface area contributed by atoms with Crippen molar-refractivity contribution in [2.24, 2.45) is 0 Å². The fourth-order valence-corrected chi connectivity index (χ4v) is 5.47. The molecular formula is C25H34N6O2. The van der Waals surface area contributed by atoms with Crippen molar-refractivity contribution in [1.82, 2.24) is 30.1 Å². The predicted octanol–water partition coefficient (Wildman–Crippen LogP) is 3.65. The maximum Gasteiger partial charge on any atom is 0.252 e. The number of benzene rings is 1. The number of H-pyrrole nitrogens is 1. The molecule has 1 aromatic carbocycles. The molecule has 1 saturated carbocycles. The van der Waals surface area contributed by atoms with Crippen LogP contribution in [0.2, 0.25) is 0 Å². The van der Waals surface area contributed by atoms with E-state index in [1.54, 1.807) is 0 Å². The van der Waals surface area contributed by atoms with Gasteiger partial charge in [-0.1, -0.05) is 30.9 Å². The summed E-state index contributed by atoms with van der Waals surface area (Å²) in [5.41, 5.74) is 4.03. The number of aromatic nitrogens is 5. The molecule has 2 aromatic heterocycles. The van der Waals surface area contributed by atoms with Crippen LogP contribution in [0.25, 0.3) is 10.9 Å². The van der Waals surface area contributed by atoms with E-state index in [-0.39, 0.29) is 11.7 Å². The van der Waals surface area contributed by atoms with Crippen molar-refractivity contribution < 1.29 is 4.74 Å². The quantitative estimate of drug-likeness (QED) is 0.591. The average Bonchev–Trinajstić information content (AvgIpc) is 3.48. The zero-order valence-electron chi connectivity index (χ0n) is 19.7. The summed E-state index contributed by atoms with van der Waals surface area (Å²) in [7, 11) is 0. The smallest absolute Gasteiger partial charge is 0.252 e. The van der Waals surface area contributed by atoms with Gasteiger partial charge in [0.2, 0.25) is 0 Å². The van der Waals surface area contributed by atoms with Crippen LogP contribution in [0.1, 0.15) is 67.5 Å². The van der Waals surface area contributed by atoms with Crippen molar-refractivity contribution in [1.29, 1.82) is 0 Å². The van der Waals surface area contributed by atoms with Crippen molar-refractivity contribution in [2.75, 3.05) is 6.61 Å². The fraction of sp³-hybridized carbons (Fsp3) is 0.600. The highest BCUT2D eigenvalue weighted by Gasteiger charge is 2.26. The first kappa shape index (κ1) is 22.2. The number of fused-ring (bicyclic) bond motifs is 1. The average molecular weight is 451 g/mol. The summed E-state index contributed by atoms with van der Waals surface area (Å²) in [6.07, 6.45) is 8.38. The molecule has 1 aliphatic carbocycles. The highest BCUT2D eigenvalue weighted by molar-refractivity contribution is 5.82. The first-order valence-corrected chi connectivity index (χ1v) is 12.3. The van der Waals surface area contributed by atoms with Crippen LogP contribution in [0.5, 0.6) is 0 Å². The van der Waals surface area contributed by atoms with Crippen LogP contribution >= 0.6 is 0 Å². The molecule has 2 aliphatic rings. The second-order valence-corrected chi connectivity index (χ2v) is 9.78. The molecule has 1 N–H and O–H groups in total. The van der Waals surface area contributed by atoms with Crippen LogP contribution < -0.4 is 5.56 Å². The summed E-state index contributed by atoms with van der Waals surface area (Å²) in [5.74, 6) is 0.847. The minimum atomic E-state index is -0.00536. The lowest BCUT2D eigenvalue weighted by Crippen LogP contribution is -2.38. The minimum absolute atomic E-state index is 0.00536. The molecule has 1 saturated heterocycles. The highest BCUT2D eigenvalue weighted by Crippen LogP contribution is 2.26. The standard InChI is InChI=1S/C25H34N6O2/c1-17-11-18(2)24-19(12-17)13-20(25(32)26-24)14-30(21-7-4-3-5-8-21)16-23-27-28-29-31(23)15-22-9-6-10-33-22/h11-13,21-22H,3-10,14-16H2,1-2H3,(H,26,32). The van der Waals surface area contributed by atoms with E-state index in [2.05, 4.69) is 50.5 Å². The number of nitrogens with one attached hydrogen (secondary N) is 1. The van der Waals surface area contributed by atoms with Gasteiger partial charge in [-0.3, -0.25) is 9.69 Å². The third-order valence-corrected chi connectivity index (χ3v) is 7.19. The number of tetrazole rings is 1. The molecule has 5 rings (SSSR count). The SMILES string of the molecule is Cc1cc(C)c2[nH]c(=O)c(CN(Cc3nnnn3CC3CCCO3)C3CCCCC3)cc2c1. The molecule has 3 aromatic rings. The van der Waals surface area contributed by atoms with E-state index in [1.807, 2.05) is 11.6 Å². The Balaban J connectivity index is 1.42. The van der Waals surface area contributed by atoms with Gasteiger partial charge in [0.25, 0.3) is 5.56 Å².